The number of nitrogens with zero attached hydrogens (tertiary/aromatic N) is 1. The highest BCUT2D eigenvalue weighted by molar-refractivity contribution is 14.0. The van der Waals surface area contributed by atoms with Crippen molar-refractivity contribution in [2.45, 2.75) is 46.3 Å². The Balaban J connectivity index is 0.00000576. The Morgan fingerprint density at radius 2 is 1.96 bits per heavy atom. The molecule has 1 rings (SSSR count). The lowest BCUT2D eigenvalue weighted by atomic mass is 10.1. The zero-order valence-corrected chi connectivity index (χ0v) is 18.3. The van der Waals surface area contributed by atoms with Crippen LogP contribution in [0.3, 0.4) is 0 Å². The maximum Gasteiger partial charge on any atom is 0.239 e. The van der Waals surface area contributed by atoms with Gasteiger partial charge >= 0.3 is 0 Å². The van der Waals surface area contributed by atoms with Gasteiger partial charge in [-0.05, 0) is 52.3 Å². The summed E-state index contributed by atoms with van der Waals surface area (Å²) < 4.78 is 5.86. The maximum atomic E-state index is 11.8. The minimum Gasteiger partial charge on any atom is -0.489 e. The predicted molar refractivity (Wildman–Crippen MR) is 114 cm³/mol. The third-order valence-corrected chi connectivity index (χ3v) is 3.04. The first kappa shape index (κ1) is 23.5. The number of carbonyl (C=O) groups excluding carboxylic acids is 1. The van der Waals surface area contributed by atoms with Gasteiger partial charge in [0.05, 0.1) is 13.1 Å². The number of hydrogen-bond donors (Lipinski definition) is 3. The van der Waals surface area contributed by atoms with Gasteiger partial charge in [0.2, 0.25) is 5.91 Å². The van der Waals surface area contributed by atoms with Gasteiger partial charge in [-0.3, -0.25) is 9.79 Å². The molecule has 1 aromatic carbocycles. The first-order valence-corrected chi connectivity index (χ1v) is 8.18. The van der Waals surface area contributed by atoms with Crippen LogP contribution in [0, 0.1) is 6.92 Å². The van der Waals surface area contributed by atoms with E-state index in [-0.39, 0.29) is 48.1 Å². The van der Waals surface area contributed by atoms with E-state index in [4.69, 9.17) is 4.74 Å². The SMILES string of the molecule is CN=C(NCC(=O)NC(C)(C)C)NCC(C)Oc1cccc(C)c1.I. The molecular formula is C18H31IN4O2. The zero-order chi connectivity index (χ0) is 18.2. The van der Waals surface area contributed by atoms with Gasteiger partial charge in [-0.1, -0.05) is 12.1 Å². The average Bonchev–Trinajstić information content (AvgIpc) is 2.45. The quantitative estimate of drug-likeness (QED) is 0.345. The van der Waals surface area contributed by atoms with Gasteiger partial charge < -0.3 is 20.7 Å². The number of benzene rings is 1. The van der Waals surface area contributed by atoms with Crippen LogP contribution in [0.4, 0.5) is 0 Å². The minimum atomic E-state index is -0.244. The molecule has 0 aromatic heterocycles. The van der Waals surface area contributed by atoms with Crippen LogP contribution in [0.1, 0.15) is 33.3 Å². The maximum absolute atomic E-state index is 11.8. The highest BCUT2D eigenvalue weighted by Crippen LogP contribution is 2.13. The van der Waals surface area contributed by atoms with Gasteiger partial charge in [0.25, 0.3) is 0 Å². The van der Waals surface area contributed by atoms with Crippen LogP contribution in [0.5, 0.6) is 5.75 Å². The zero-order valence-electron chi connectivity index (χ0n) is 16.0. The summed E-state index contributed by atoms with van der Waals surface area (Å²) in [4.78, 5) is 15.9. The number of nitrogens with one attached hydrogen (secondary N) is 3. The number of aliphatic imine (C=N–C) groups is 1. The Labute approximate surface area is 168 Å². The van der Waals surface area contributed by atoms with E-state index in [1.165, 1.54) is 0 Å². The van der Waals surface area contributed by atoms with Gasteiger partial charge in [0.1, 0.15) is 11.9 Å². The van der Waals surface area contributed by atoms with E-state index in [1.54, 1.807) is 7.05 Å². The van der Waals surface area contributed by atoms with Crippen molar-refractivity contribution in [1.82, 2.24) is 16.0 Å². The standard InChI is InChI=1S/C18H30N4O2.HI/c1-13-8-7-9-15(10-13)24-14(2)11-20-17(19-6)21-12-16(23)22-18(3,4)5;/h7-10,14H,11-12H2,1-6H3,(H,22,23)(H2,19,20,21);1H. The number of hydrogen-bond acceptors (Lipinski definition) is 3. The Bertz CT molecular complexity index is 570. The summed E-state index contributed by atoms with van der Waals surface area (Å²) in [6.45, 7) is 10.6. The lowest BCUT2D eigenvalue weighted by Crippen LogP contribution is -2.49. The second-order valence-electron chi connectivity index (χ2n) is 6.85. The molecule has 0 bridgehead atoms. The number of rotatable bonds is 6. The van der Waals surface area contributed by atoms with Crippen LogP contribution in [0.15, 0.2) is 29.3 Å². The molecule has 0 spiro atoms. The molecule has 0 aliphatic heterocycles. The topological polar surface area (TPSA) is 74.8 Å². The van der Waals surface area contributed by atoms with Crippen LogP contribution in [-0.4, -0.2) is 43.6 Å². The van der Waals surface area contributed by atoms with Gasteiger partial charge in [-0.2, -0.15) is 0 Å². The molecule has 0 saturated heterocycles. The predicted octanol–water partition coefficient (Wildman–Crippen LogP) is 2.46. The number of ether oxygens (including phenoxy) is 1. The Morgan fingerprint density at radius 3 is 2.52 bits per heavy atom. The molecule has 0 radical (unpaired) electrons. The van der Waals surface area contributed by atoms with E-state index < -0.39 is 0 Å². The molecule has 0 aliphatic carbocycles. The monoisotopic (exact) mass is 462 g/mol. The van der Waals surface area contributed by atoms with E-state index in [1.807, 2.05) is 58.9 Å². The number of carbonyl (C=O) groups is 1. The largest absolute Gasteiger partial charge is 0.489 e. The van der Waals surface area contributed by atoms with Crippen LogP contribution < -0.4 is 20.7 Å². The fourth-order valence-electron chi connectivity index (χ4n) is 2.05. The summed E-state index contributed by atoms with van der Waals surface area (Å²) in [6, 6.07) is 7.94. The smallest absolute Gasteiger partial charge is 0.239 e. The molecule has 25 heavy (non-hydrogen) atoms. The van der Waals surface area contributed by atoms with Gasteiger partial charge in [-0.15, -0.1) is 24.0 Å². The van der Waals surface area contributed by atoms with Crippen LogP contribution in [0.2, 0.25) is 0 Å². The van der Waals surface area contributed by atoms with E-state index in [0.29, 0.717) is 12.5 Å². The fraction of sp³-hybridized carbons (Fsp3) is 0.556. The first-order valence-electron chi connectivity index (χ1n) is 8.18. The third kappa shape index (κ3) is 10.9. The van der Waals surface area contributed by atoms with Crippen molar-refractivity contribution in [2.24, 2.45) is 4.99 Å². The number of halogens is 1. The fourth-order valence-corrected chi connectivity index (χ4v) is 2.05. The molecule has 142 valence electrons. The van der Waals surface area contributed by atoms with Crippen molar-refractivity contribution >= 4 is 35.8 Å². The minimum absolute atomic E-state index is 0. The van der Waals surface area contributed by atoms with Crippen LogP contribution in [-0.2, 0) is 4.79 Å². The van der Waals surface area contributed by atoms with E-state index in [0.717, 1.165) is 11.3 Å². The van der Waals surface area contributed by atoms with E-state index >= 15 is 0 Å². The van der Waals surface area contributed by atoms with Crippen molar-refractivity contribution in [3.8, 4) is 5.75 Å². The van der Waals surface area contributed by atoms with Crippen molar-refractivity contribution < 1.29 is 9.53 Å². The first-order chi connectivity index (χ1) is 11.2. The molecule has 7 heteroatoms. The average molecular weight is 462 g/mol. The summed E-state index contributed by atoms with van der Waals surface area (Å²) in [5.41, 5.74) is 0.918. The number of aryl methyl sites for hydroxylation is 1. The molecule has 6 nitrogen and oxygen atoms in total. The second-order valence-corrected chi connectivity index (χ2v) is 6.85. The normalized spacial score (nSPS) is 12.6. The summed E-state index contributed by atoms with van der Waals surface area (Å²) in [5, 5.41) is 9.04. The lowest BCUT2D eigenvalue weighted by Gasteiger charge is -2.21. The molecule has 3 N–H and O–H groups in total. The van der Waals surface area contributed by atoms with Crippen molar-refractivity contribution in [3.63, 3.8) is 0 Å². The summed E-state index contributed by atoms with van der Waals surface area (Å²) in [7, 11) is 1.67. The molecular weight excluding hydrogens is 431 g/mol. The highest BCUT2D eigenvalue weighted by atomic mass is 127. The molecule has 0 saturated carbocycles. The van der Waals surface area contributed by atoms with Gasteiger partial charge in [0, 0.05) is 12.6 Å². The molecule has 0 heterocycles. The lowest BCUT2D eigenvalue weighted by molar-refractivity contribution is -0.121. The number of guanidine groups is 1. The third-order valence-electron chi connectivity index (χ3n) is 3.04. The Morgan fingerprint density at radius 1 is 1.28 bits per heavy atom. The Hall–Kier alpha value is -1.51. The van der Waals surface area contributed by atoms with Crippen molar-refractivity contribution in [3.05, 3.63) is 29.8 Å². The summed E-state index contributed by atoms with van der Waals surface area (Å²) in [6.07, 6.45) is -0.0336. The van der Waals surface area contributed by atoms with Gasteiger partial charge in [-0.25, -0.2) is 0 Å². The van der Waals surface area contributed by atoms with Crippen molar-refractivity contribution in [1.29, 1.82) is 0 Å². The molecule has 1 aromatic rings. The molecule has 1 unspecified atom stereocenters. The molecule has 1 atom stereocenters. The Kier molecular flexibility index (Phi) is 10.5. The highest BCUT2D eigenvalue weighted by Gasteiger charge is 2.14. The second kappa shape index (κ2) is 11.2. The van der Waals surface area contributed by atoms with Crippen LogP contribution >= 0.6 is 24.0 Å². The summed E-state index contributed by atoms with van der Waals surface area (Å²) in [5.74, 6) is 1.34. The molecule has 0 fully saturated rings. The van der Waals surface area contributed by atoms with Crippen LogP contribution in [0.25, 0.3) is 0 Å². The molecule has 0 aliphatic rings. The number of amides is 1. The van der Waals surface area contributed by atoms with Crippen molar-refractivity contribution in [2.75, 3.05) is 20.1 Å². The van der Waals surface area contributed by atoms with Gasteiger partial charge in [0.15, 0.2) is 5.96 Å². The summed E-state index contributed by atoms with van der Waals surface area (Å²) >= 11 is 0. The van der Waals surface area contributed by atoms with E-state index in [2.05, 4.69) is 20.9 Å². The van der Waals surface area contributed by atoms with E-state index in [9.17, 15) is 4.79 Å². The molecule has 1 amide bonds.